The number of anilines is 3. The van der Waals surface area contributed by atoms with Gasteiger partial charge in [-0.1, -0.05) is 158 Å². The molecule has 1 aromatic heterocycles. The van der Waals surface area contributed by atoms with Gasteiger partial charge in [-0.05, 0) is 116 Å². The summed E-state index contributed by atoms with van der Waals surface area (Å²) in [5.74, 6) is 0. The molecule has 0 radical (unpaired) electrons. The first-order chi connectivity index (χ1) is 27.7. The Labute approximate surface area is 326 Å². The number of benzene rings is 9. The number of hydrogen-bond donors (Lipinski definition) is 0. The van der Waals surface area contributed by atoms with Crippen LogP contribution in [0.3, 0.4) is 0 Å². The lowest BCUT2D eigenvalue weighted by molar-refractivity contribution is 0.669. The molecule has 9 aromatic carbocycles. The Kier molecular flexibility index (Phi) is 8.55. The van der Waals surface area contributed by atoms with Gasteiger partial charge in [0.15, 0.2) is 0 Å². The Morgan fingerprint density at radius 3 is 1.38 bits per heavy atom. The van der Waals surface area contributed by atoms with Gasteiger partial charge in [-0.15, -0.1) is 0 Å². The molecule has 0 saturated carbocycles. The van der Waals surface area contributed by atoms with Gasteiger partial charge < -0.3 is 9.32 Å². The third-order valence-electron chi connectivity index (χ3n) is 10.6. The Morgan fingerprint density at radius 2 is 0.768 bits per heavy atom. The molecular formula is C54H37NO. The first-order valence-corrected chi connectivity index (χ1v) is 19.1. The second-order valence-corrected chi connectivity index (χ2v) is 14.2. The van der Waals surface area contributed by atoms with E-state index in [1.165, 1.54) is 44.2 Å². The van der Waals surface area contributed by atoms with Crippen molar-refractivity contribution in [3.05, 3.63) is 223 Å². The molecule has 10 aromatic rings. The average Bonchev–Trinajstić information content (AvgIpc) is 3.64. The van der Waals surface area contributed by atoms with Gasteiger partial charge in [0.1, 0.15) is 11.2 Å². The van der Waals surface area contributed by atoms with Crippen LogP contribution in [0.1, 0.15) is 11.1 Å². The maximum Gasteiger partial charge on any atom is 0.137 e. The van der Waals surface area contributed by atoms with E-state index in [1.807, 2.05) is 12.1 Å². The highest BCUT2D eigenvalue weighted by molar-refractivity contribution is 6.07. The summed E-state index contributed by atoms with van der Waals surface area (Å²) in [6.07, 6.45) is 4.34. The molecule has 0 aliphatic rings. The summed E-state index contributed by atoms with van der Waals surface area (Å²) in [6, 6.07) is 75.5. The fraction of sp³-hybridized carbons (Fsp3) is 0. The van der Waals surface area contributed by atoms with Gasteiger partial charge >= 0.3 is 0 Å². The molecule has 0 bridgehead atoms. The molecule has 2 nitrogen and oxygen atoms in total. The number of hydrogen-bond acceptors (Lipinski definition) is 2. The number of rotatable bonds is 8. The van der Waals surface area contributed by atoms with E-state index in [0.717, 1.165) is 50.1 Å². The van der Waals surface area contributed by atoms with Crippen molar-refractivity contribution < 1.29 is 4.42 Å². The summed E-state index contributed by atoms with van der Waals surface area (Å²) in [5.41, 5.74) is 14.5. The van der Waals surface area contributed by atoms with Gasteiger partial charge in [0.25, 0.3) is 0 Å². The molecule has 0 N–H and O–H groups in total. The summed E-state index contributed by atoms with van der Waals surface area (Å²) in [5, 5.41) is 4.69. The maximum absolute atomic E-state index is 6.52. The summed E-state index contributed by atoms with van der Waals surface area (Å²) >= 11 is 0. The van der Waals surface area contributed by atoms with Crippen LogP contribution in [0.2, 0.25) is 0 Å². The van der Waals surface area contributed by atoms with Gasteiger partial charge in [-0.3, -0.25) is 0 Å². The minimum absolute atomic E-state index is 0.867. The van der Waals surface area contributed by atoms with E-state index < -0.39 is 0 Å². The van der Waals surface area contributed by atoms with Crippen LogP contribution in [0.25, 0.3) is 78.2 Å². The van der Waals surface area contributed by atoms with E-state index in [-0.39, 0.29) is 0 Å². The third kappa shape index (κ3) is 6.44. The summed E-state index contributed by atoms with van der Waals surface area (Å²) in [7, 11) is 0. The minimum atomic E-state index is 0.867. The van der Waals surface area contributed by atoms with Crippen LogP contribution < -0.4 is 4.90 Å². The van der Waals surface area contributed by atoms with E-state index >= 15 is 0 Å². The standard InChI is InChI=1S/C54H37NO/c1-4-12-40(13-5-1)41-27-29-43(30-28-41)52-36-45-15-11-10-14-44(45)35-51(52)42-25-22-38(23-26-42)20-21-39-24-32-49-50-33-31-48(37-54(50)56-53(49)34-39)55(46-16-6-2-7-17-46)47-18-8-3-9-19-47/h1-37H/b21-20+. The zero-order valence-corrected chi connectivity index (χ0v) is 30.7. The predicted molar refractivity (Wildman–Crippen MR) is 238 cm³/mol. The summed E-state index contributed by atoms with van der Waals surface area (Å²) in [6.45, 7) is 0. The number of nitrogens with zero attached hydrogens (tertiary/aromatic N) is 1. The second kappa shape index (κ2) is 14.4. The van der Waals surface area contributed by atoms with Crippen LogP contribution >= 0.6 is 0 Å². The van der Waals surface area contributed by atoms with E-state index in [9.17, 15) is 0 Å². The predicted octanol–water partition coefficient (Wildman–Crippen LogP) is 15.4. The highest BCUT2D eigenvalue weighted by Crippen LogP contribution is 2.39. The Hall–Kier alpha value is -7.42. The first kappa shape index (κ1) is 33.2. The Balaban J connectivity index is 0.934. The van der Waals surface area contributed by atoms with Gasteiger partial charge in [0.05, 0.1) is 0 Å². The number of furan rings is 1. The quantitative estimate of drug-likeness (QED) is 0.146. The van der Waals surface area contributed by atoms with Crippen LogP contribution in [0.15, 0.2) is 217 Å². The van der Waals surface area contributed by atoms with Crippen molar-refractivity contribution in [2.75, 3.05) is 4.90 Å². The Morgan fingerprint density at radius 1 is 0.321 bits per heavy atom. The molecule has 1 heterocycles. The molecule has 2 heteroatoms. The van der Waals surface area contributed by atoms with Crippen LogP contribution in [0.4, 0.5) is 17.1 Å². The van der Waals surface area contributed by atoms with Crippen LogP contribution in [0.5, 0.6) is 0 Å². The Bertz CT molecular complexity index is 2940. The fourth-order valence-corrected chi connectivity index (χ4v) is 7.78. The summed E-state index contributed by atoms with van der Waals surface area (Å²) in [4.78, 5) is 2.26. The van der Waals surface area contributed by atoms with Gasteiger partial charge in [0, 0.05) is 33.9 Å². The third-order valence-corrected chi connectivity index (χ3v) is 10.6. The lowest BCUT2D eigenvalue weighted by atomic mass is 9.90. The topological polar surface area (TPSA) is 16.4 Å². The van der Waals surface area contributed by atoms with Crippen molar-refractivity contribution in [3.63, 3.8) is 0 Å². The van der Waals surface area contributed by atoms with Crippen LogP contribution in [0, 0.1) is 0 Å². The van der Waals surface area contributed by atoms with E-state index in [0.29, 0.717) is 0 Å². The lowest BCUT2D eigenvalue weighted by Gasteiger charge is -2.25. The second-order valence-electron chi connectivity index (χ2n) is 14.2. The highest BCUT2D eigenvalue weighted by Gasteiger charge is 2.15. The molecule has 10 rings (SSSR count). The zero-order valence-electron chi connectivity index (χ0n) is 30.7. The van der Waals surface area contributed by atoms with Gasteiger partial charge in [0.2, 0.25) is 0 Å². The highest BCUT2D eigenvalue weighted by atomic mass is 16.3. The van der Waals surface area contributed by atoms with Crippen molar-refractivity contribution in [3.8, 4) is 33.4 Å². The molecule has 0 atom stereocenters. The normalized spacial score (nSPS) is 11.5. The van der Waals surface area contributed by atoms with Crippen molar-refractivity contribution in [1.29, 1.82) is 0 Å². The molecule has 0 aliphatic carbocycles. The molecule has 0 unspecified atom stereocenters. The lowest BCUT2D eigenvalue weighted by Crippen LogP contribution is -2.09. The molecule has 0 amide bonds. The molecule has 56 heavy (non-hydrogen) atoms. The van der Waals surface area contributed by atoms with Crippen molar-refractivity contribution in [2.45, 2.75) is 0 Å². The van der Waals surface area contributed by atoms with E-state index in [1.54, 1.807) is 0 Å². The molecule has 264 valence electrons. The van der Waals surface area contributed by atoms with Crippen LogP contribution in [-0.4, -0.2) is 0 Å². The maximum atomic E-state index is 6.52. The fourth-order valence-electron chi connectivity index (χ4n) is 7.78. The molecule has 0 spiro atoms. The summed E-state index contributed by atoms with van der Waals surface area (Å²) < 4.78 is 6.52. The van der Waals surface area contributed by atoms with E-state index in [2.05, 4.69) is 217 Å². The number of para-hydroxylation sites is 2. The zero-order chi connectivity index (χ0) is 37.3. The van der Waals surface area contributed by atoms with Crippen molar-refractivity contribution >= 4 is 61.9 Å². The largest absolute Gasteiger partial charge is 0.456 e. The molecule has 0 aliphatic heterocycles. The van der Waals surface area contributed by atoms with Gasteiger partial charge in [-0.2, -0.15) is 0 Å². The SMILES string of the molecule is C(=C\c1ccc2c(c1)oc1cc(N(c3ccccc3)c3ccccc3)ccc12)/c1ccc(-c2cc3ccccc3cc2-c2ccc(-c3ccccc3)cc2)cc1. The minimum Gasteiger partial charge on any atom is -0.456 e. The number of fused-ring (bicyclic) bond motifs is 4. The van der Waals surface area contributed by atoms with E-state index in [4.69, 9.17) is 4.42 Å². The van der Waals surface area contributed by atoms with Crippen molar-refractivity contribution in [2.24, 2.45) is 0 Å². The molecule has 0 saturated heterocycles. The molecular weight excluding hydrogens is 679 g/mol. The monoisotopic (exact) mass is 715 g/mol. The van der Waals surface area contributed by atoms with Gasteiger partial charge in [-0.25, -0.2) is 0 Å². The average molecular weight is 716 g/mol. The van der Waals surface area contributed by atoms with Crippen molar-refractivity contribution in [1.82, 2.24) is 0 Å². The molecule has 0 fully saturated rings. The first-order valence-electron chi connectivity index (χ1n) is 19.1. The smallest absolute Gasteiger partial charge is 0.137 e. The van der Waals surface area contributed by atoms with Crippen LogP contribution in [-0.2, 0) is 0 Å².